The Balaban J connectivity index is 3.14. The number of nitrogens with two attached hydrogens (primary N) is 1. The van der Waals surface area contributed by atoms with E-state index in [1.807, 2.05) is 0 Å². The molecular formula is C9H8F5NO2S. The number of alkyl halides is 3. The largest absolute Gasteiger partial charge is 0.399 e. The van der Waals surface area contributed by atoms with Gasteiger partial charge in [-0.3, -0.25) is 0 Å². The molecule has 0 aliphatic heterocycles. The molecule has 0 spiro atoms. The Hall–Kier alpha value is -1.38. The van der Waals surface area contributed by atoms with E-state index in [0.29, 0.717) is 12.1 Å². The number of hydrogen-bond donors (Lipinski definition) is 1. The molecule has 1 rings (SSSR count). The highest BCUT2D eigenvalue weighted by Crippen LogP contribution is 2.26. The monoisotopic (exact) mass is 289 g/mol. The fraction of sp³-hybridized carbons (Fsp3) is 0.333. The zero-order valence-corrected chi connectivity index (χ0v) is 9.58. The maximum absolute atomic E-state index is 13.2. The highest BCUT2D eigenvalue weighted by Gasteiger charge is 2.33. The van der Waals surface area contributed by atoms with Gasteiger partial charge in [0, 0.05) is 5.69 Å². The summed E-state index contributed by atoms with van der Waals surface area (Å²) in [7, 11) is -4.70. The van der Waals surface area contributed by atoms with Crippen molar-refractivity contribution in [2.45, 2.75) is 17.5 Å². The van der Waals surface area contributed by atoms with Gasteiger partial charge in [-0.2, -0.15) is 13.2 Å². The Kier molecular flexibility index (Phi) is 3.84. The molecule has 0 unspecified atom stereocenters. The third kappa shape index (κ3) is 3.56. The van der Waals surface area contributed by atoms with Gasteiger partial charge < -0.3 is 5.73 Å². The Bertz CT molecular complexity index is 530. The Morgan fingerprint density at radius 3 is 1.94 bits per heavy atom. The molecule has 0 saturated carbocycles. The van der Waals surface area contributed by atoms with Crippen molar-refractivity contribution in [2.24, 2.45) is 0 Å². The highest BCUT2D eigenvalue weighted by atomic mass is 32.2. The van der Waals surface area contributed by atoms with Gasteiger partial charge in [0.25, 0.3) is 0 Å². The van der Waals surface area contributed by atoms with E-state index in [-0.39, 0.29) is 5.69 Å². The van der Waals surface area contributed by atoms with Crippen molar-refractivity contribution in [1.82, 2.24) is 0 Å². The number of hydrogen-bond acceptors (Lipinski definition) is 3. The molecule has 3 nitrogen and oxygen atoms in total. The molecule has 0 heterocycles. The minimum atomic E-state index is -4.73. The van der Waals surface area contributed by atoms with Gasteiger partial charge >= 0.3 is 6.18 Å². The van der Waals surface area contributed by atoms with Gasteiger partial charge in [-0.25, -0.2) is 17.2 Å². The molecule has 9 heteroatoms. The fourth-order valence-electron chi connectivity index (χ4n) is 1.23. The maximum atomic E-state index is 13.2. The van der Waals surface area contributed by atoms with Crippen LogP contribution < -0.4 is 5.73 Å². The predicted molar refractivity (Wildman–Crippen MR) is 53.5 cm³/mol. The topological polar surface area (TPSA) is 60.2 Å². The second-order valence-corrected chi connectivity index (χ2v) is 5.54. The summed E-state index contributed by atoms with van der Waals surface area (Å²) in [5.74, 6) is -4.43. The van der Waals surface area contributed by atoms with E-state index in [1.54, 1.807) is 0 Å². The number of rotatable bonds is 3. The first-order chi connectivity index (χ1) is 8.03. The quantitative estimate of drug-likeness (QED) is 0.686. The second kappa shape index (κ2) is 4.71. The summed E-state index contributed by atoms with van der Waals surface area (Å²) < 4.78 is 85.0. The van der Waals surface area contributed by atoms with E-state index in [0.717, 1.165) is 0 Å². The maximum Gasteiger partial charge on any atom is 0.390 e. The second-order valence-electron chi connectivity index (χ2n) is 3.50. The molecule has 0 radical (unpaired) electrons. The number of anilines is 1. The zero-order valence-electron chi connectivity index (χ0n) is 8.76. The van der Waals surface area contributed by atoms with E-state index < -0.39 is 44.7 Å². The third-order valence-electron chi connectivity index (χ3n) is 1.99. The van der Waals surface area contributed by atoms with E-state index >= 15 is 0 Å². The van der Waals surface area contributed by atoms with E-state index in [9.17, 15) is 30.4 Å². The first kappa shape index (κ1) is 14.7. The Labute approximate surface area is 99.3 Å². The van der Waals surface area contributed by atoms with Crippen LogP contribution in [0.4, 0.5) is 27.6 Å². The average molecular weight is 289 g/mol. The molecule has 2 N–H and O–H groups in total. The van der Waals surface area contributed by atoms with Crippen molar-refractivity contribution in [1.29, 1.82) is 0 Å². The lowest BCUT2D eigenvalue weighted by Crippen LogP contribution is -2.18. The predicted octanol–water partition coefficient (Wildman–Crippen LogP) is 2.27. The van der Waals surface area contributed by atoms with Gasteiger partial charge in [0.2, 0.25) is 0 Å². The van der Waals surface area contributed by atoms with Crippen LogP contribution in [0.3, 0.4) is 0 Å². The van der Waals surface area contributed by atoms with Gasteiger partial charge in [0.05, 0.1) is 12.2 Å². The van der Waals surface area contributed by atoms with Crippen LogP contribution in [-0.4, -0.2) is 20.3 Å². The molecule has 0 bridgehead atoms. The number of benzene rings is 1. The lowest BCUT2D eigenvalue weighted by molar-refractivity contribution is -0.129. The summed E-state index contributed by atoms with van der Waals surface area (Å²) >= 11 is 0. The molecule has 1 aromatic carbocycles. The van der Waals surface area contributed by atoms with E-state index in [4.69, 9.17) is 5.73 Å². The first-order valence-corrected chi connectivity index (χ1v) is 6.22. The van der Waals surface area contributed by atoms with Crippen LogP contribution in [-0.2, 0) is 9.84 Å². The molecule has 102 valence electrons. The molecule has 0 atom stereocenters. The van der Waals surface area contributed by atoms with Crippen LogP contribution >= 0.6 is 0 Å². The molecule has 0 amide bonds. The SMILES string of the molecule is Nc1cc(F)c(S(=O)(=O)CCC(F)(F)F)c(F)c1. The number of nitrogen functional groups attached to an aromatic ring is 1. The van der Waals surface area contributed by atoms with Gasteiger partial charge in [0.1, 0.15) is 16.5 Å². The summed E-state index contributed by atoms with van der Waals surface area (Å²) in [6, 6.07) is 1.06. The summed E-state index contributed by atoms with van der Waals surface area (Å²) in [6.45, 7) is 0. The molecule has 0 aromatic heterocycles. The highest BCUT2D eigenvalue weighted by molar-refractivity contribution is 7.91. The summed E-state index contributed by atoms with van der Waals surface area (Å²) in [5.41, 5.74) is 4.70. The average Bonchev–Trinajstić information content (AvgIpc) is 2.11. The first-order valence-electron chi connectivity index (χ1n) is 4.57. The van der Waals surface area contributed by atoms with Crippen molar-refractivity contribution < 1.29 is 30.4 Å². The van der Waals surface area contributed by atoms with Crippen LogP contribution in [0.5, 0.6) is 0 Å². The molecule has 1 aromatic rings. The van der Waals surface area contributed by atoms with E-state index in [2.05, 4.69) is 0 Å². The summed E-state index contributed by atoms with van der Waals surface area (Å²) in [4.78, 5) is -1.39. The van der Waals surface area contributed by atoms with Gasteiger partial charge in [-0.1, -0.05) is 0 Å². The molecule has 0 aliphatic carbocycles. The lowest BCUT2D eigenvalue weighted by atomic mass is 10.3. The molecular weight excluding hydrogens is 281 g/mol. The number of halogens is 5. The van der Waals surface area contributed by atoms with Crippen LogP contribution in [0.25, 0.3) is 0 Å². The zero-order chi connectivity index (χ0) is 14.1. The smallest absolute Gasteiger partial charge is 0.390 e. The Morgan fingerprint density at radius 2 is 1.56 bits per heavy atom. The summed E-state index contributed by atoms with van der Waals surface area (Å²) in [6.07, 6.45) is -6.41. The van der Waals surface area contributed by atoms with Crippen LogP contribution in [0.15, 0.2) is 17.0 Å². The van der Waals surface area contributed by atoms with Crippen LogP contribution in [0.2, 0.25) is 0 Å². The van der Waals surface area contributed by atoms with Gasteiger partial charge in [-0.05, 0) is 12.1 Å². The Morgan fingerprint density at radius 1 is 1.11 bits per heavy atom. The molecule has 18 heavy (non-hydrogen) atoms. The van der Waals surface area contributed by atoms with Crippen molar-refractivity contribution >= 4 is 15.5 Å². The molecule has 0 aliphatic rings. The van der Waals surface area contributed by atoms with Crippen molar-refractivity contribution in [3.8, 4) is 0 Å². The molecule has 0 saturated heterocycles. The van der Waals surface area contributed by atoms with Crippen LogP contribution in [0, 0.1) is 11.6 Å². The van der Waals surface area contributed by atoms with E-state index in [1.165, 1.54) is 0 Å². The minimum absolute atomic E-state index is 0.361. The molecule has 0 fully saturated rings. The van der Waals surface area contributed by atoms with Crippen LogP contribution in [0.1, 0.15) is 6.42 Å². The standard InChI is InChI=1S/C9H8F5NO2S/c10-6-3-5(15)4-7(11)8(6)18(16,17)2-1-9(12,13)14/h3-4H,1-2,15H2. The number of sulfone groups is 1. The minimum Gasteiger partial charge on any atom is -0.399 e. The van der Waals surface area contributed by atoms with Crippen molar-refractivity contribution in [2.75, 3.05) is 11.5 Å². The fourth-order valence-corrected chi connectivity index (χ4v) is 2.65. The van der Waals surface area contributed by atoms with Gasteiger partial charge in [-0.15, -0.1) is 0 Å². The van der Waals surface area contributed by atoms with Crippen molar-refractivity contribution in [3.63, 3.8) is 0 Å². The summed E-state index contributed by atoms with van der Waals surface area (Å²) in [5, 5.41) is 0. The lowest BCUT2D eigenvalue weighted by Gasteiger charge is -2.09. The van der Waals surface area contributed by atoms with Gasteiger partial charge in [0.15, 0.2) is 9.84 Å². The normalized spacial score (nSPS) is 12.7. The van der Waals surface area contributed by atoms with Crippen molar-refractivity contribution in [3.05, 3.63) is 23.8 Å². The third-order valence-corrected chi connectivity index (χ3v) is 3.74.